The van der Waals surface area contributed by atoms with Crippen LogP contribution in [-0.4, -0.2) is 25.4 Å². The van der Waals surface area contributed by atoms with Crippen LogP contribution in [0.4, 0.5) is 0 Å². The second-order valence-electron chi connectivity index (χ2n) is 8.31. The quantitative estimate of drug-likeness (QED) is 0.549. The number of nitrogens with zero attached hydrogens (tertiary/aromatic N) is 3. The Bertz CT molecular complexity index is 1320. The molecule has 0 unspecified atom stereocenters. The topological polar surface area (TPSA) is 92.7 Å². The van der Waals surface area contributed by atoms with Crippen molar-refractivity contribution in [1.29, 1.82) is 0 Å². The molecule has 2 atom stereocenters. The Kier molecular flexibility index (Phi) is 4.38. The van der Waals surface area contributed by atoms with E-state index in [1.54, 1.807) is 23.0 Å². The molecule has 2 N–H and O–H groups in total. The van der Waals surface area contributed by atoms with Crippen LogP contribution in [0.25, 0.3) is 21.8 Å². The number of carbonyl (C=O) groups excluding carboxylic acids is 1. The summed E-state index contributed by atoms with van der Waals surface area (Å²) in [6.45, 7) is 4.18. The van der Waals surface area contributed by atoms with Crippen LogP contribution >= 0.6 is 0 Å². The van der Waals surface area contributed by atoms with Gasteiger partial charge in [-0.15, -0.1) is 0 Å². The van der Waals surface area contributed by atoms with E-state index in [2.05, 4.69) is 29.1 Å². The van der Waals surface area contributed by atoms with E-state index in [1.807, 2.05) is 30.5 Å². The summed E-state index contributed by atoms with van der Waals surface area (Å²) in [5, 5.41) is 4.65. The van der Waals surface area contributed by atoms with Crippen molar-refractivity contribution < 1.29 is 4.79 Å². The lowest BCUT2D eigenvalue weighted by Crippen LogP contribution is -2.48. The maximum Gasteiger partial charge on any atom is 0.262 e. The van der Waals surface area contributed by atoms with Crippen molar-refractivity contribution in [2.24, 2.45) is 5.92 Å². The summed E-state index contributed by atoms with van der Waals surface area (Å²) >= 11 is 0. The molecule has 4 aromatic rings. The van der Waals surface area contributed by atoms with Gasteiger partial charge in [-0.25, -0.2) is 4.98 Å². The summed E-state index contributed by atoms with van der Waals surface area (Å²) in [4.78, 5) is 38.8. The van der Waals surface area contributed by atoms with E-state index in [0.29, 0.717) is 35.5 Å². The number of H-pyrrole nitrogens is 1. The van der Waals surface area contributed by atoms with Gasteiger partial charge in [0.15, 0.2) is 0 Å². The van der Waals surface area contributed by atoms with Crippen molar-refractivity contribution in [2.45, 2.75) is 38.8 Å². The largest absolute Gasteiger partial charge is 0.361 e. The molecule has 5 rings (SSSR count). The molecule has 3 aromatic heterocycles. The van der Waals surface area contributed by atoms with E-state index >= 15 is 0 Å². The number of amides is 1. The molecule has 0 saturated carbocycles. The van der Waals surface area contributed by atoms with Crippen molar-refractivity contribution in [3.05, 3.63) is 70.7 Å². The highest BCUT2D eigenvalue weighted by atomic mass is 16.2. The number of aromatic nitrogens is 4. The zero-order valence-corrected chi connectivity index (χ0v) is 16.9. The molecular formula is C23H23N5O2. The zero-order chi connectivity index (χ0) is 20.8. The molecule has 1 aliphatic heterocycles. The SMILES string of the molecule is CC(C)C[C@@H]1NC(=O)[C@@H](Cc2c[nH]c3ccccc23)n2c1nc1cnccc1c2=O. The molecule has 7 heteroatoms. The smallest absolute Gasteiger partial charge is 0.262 e. The molecule has 4 heterocycles. The fraction of sp³-hybridized carbons (Fsp3) is 0.304. The van der Waals surface area contributed by atoms with Crippen molar-refractivity contribution in [3.8, 4) is 0 Å². The maximum atomic E-state index is 13.5. The summed E-state index contributed by atoms with van der Waals surface area (Å²) in [7, 11) is 0. The number of aromatic amines is 1. The van der Waals surface area contributed by atoms with Gasteiger partial charge in [-0.05, 0) is 30.0 Å². The van der Waals surface area contributed by atoms with Crippen molar-refractivity contribution >= 4 is 27.7 Å². The standard InChI is InChI=1S/C23H23N5O2/c1-13(2)9-18-21-26-19-12-24-8-7-16(19)23(30)28(21)20(22(29)27-18)10-14-11-25-17-6-4-3-5-15(14)17/h3-8,11-13,18,20,25H,9-10H2,1-2H3,(H,27,29)/t18-,20+/m0/s1. The van der Waals surface area contributed by atoms with Gasteiger partial charge < -0.3 is 10.3 Å². The molecule has 1 aromatic carbocycles. The van der Waals surface area contributed by atoms with Gasteiger partial charge >= 0.3 is 0 Å². The third-order valence-corrected chi connectivity index (χ3v) is 5.77. The molecule has 0 aliphatic carbocycles. The Morgan fingerprint density at radius 2 is 1.97 bits per heavy atom. The number of carbonyl (C=O) groups is 1. The number of benzene rings is 1. The molecule has 1 amide bonds. The van der Waals surface area contributed by atoms with Gasteiger partial charge in [0.25, 0.3) is 5.56 Å². The van der Waals surface area contributed by atoms with Crippen LogP contribution in [0.5, 0.6) is 0 Å². The minimum atomic E-state index is -0.653. The number of pyridine rings is 1. The normalized spacial score (nSPS) is 18.7. The fourth-order valence-corrected chi connectivity index (χ4v) is 4.39. The first-order valence-corrected chi connectivity index (χ1v) is 10.2. The maximum absolute atomic E-state index is 13.5. The Balaban J connectivity index is 1.68. The van der Waals surface area contributed by atoms with E-state index < -0.39 is 6.04 Å². The predicted octanol–water partition coefficient (Wildman–Crippen LogP) is 3.27. The fourth-order valence-electron chi connectivity index (χ4n) is 4.39. The Labute approximate surface area is 173 Å². The van der Waals surface area contributed by atoms with E-state index in [-0.39, 0.29) is 17.5 Å². The third kappa shape index (κ3) is 2.98. The van der Waals surface area contributed by atoms with Crippen LogP contribution < -0.4 is 10.9 Å². The molecule has 0 radical (unpaired) electrons. The van der Waals surface area contributed by atoms with Gasteiger partial charge in [-0.3, -0.25) is 19.1 Å². The molecule has 0 fully saturated rings. The summed E-state index contributed by atoms with van der Waals surface area (Å²) in [5.41, 5.74) is 2.38. The highest BCUT2D eigenvalue weighted by Crippen LogP contribution is 2.30. The number of hydrogen-bond acceptors (Lipinski definition) is 4. The zero-order valence-electron chi connectivity index (χ0n) is 16.9. The first-order chi connectivity index (χ1) is 14.5. The van der Waals surface area contributed by atoms with E-state index in [9.17, 15) is 9.59 Å². The first-order valence-electron chi connectivity index (χ1n) is 10.2. The summed E-state index contributed by atoms with van der Waals surface area (Å²) in [5.74, 6) is 0.810. The number of rotatable bonds is 4. The third-order valence-electron chi connectivity index (χ3n) is 5.77. The molecule has 1 aliphatic rings. The van der Waals surface area contributed by atoms with Gasteiger partial charge in [-0.2, -0.15) is 0 Å². The van der Waals surface area contributed by atoms with Crippen molar-refractivity contribution in [1.82, 2.24) is 24.8 Å². The van der Waals surface area contributed by atoms with Crippen LogP contribution in [0.1, 0.15) is 43.7 Å². The molecule has 7 nitrogen and oxygen atoms in total. The van der Waals surface area contributed by atoms with Gasteiger partial charge in [0, 0.05) is 29.7 Å². The average molecular weight is 401 g/mol. The molecule has 30 heavy (non-hydrogen) atoms. The lowest BCUT2D eigenvalue weighted by Gasteiger charge is -2.33. The Morgan fingerprint density at radius 1 is 1.13 bits per heavy atom. The minimum absolute atomic E-state index is 0.143. The number of hydrogen-bond donors (Lipinski definition) is 2. The van der Waals surface area contributed by atoms with E-state index in [1.165, 1.54) is 0 Å². The number of nitrogens with one attached hydrogen (secondary N) is 2. The van der Waals surface area contributed by atoms with Gasteiger partial charge in [0.2, 0.25) is 5.91 Å². The van der Waals surface area contributed by atoms with Gasteiger partial charge in [0.05, 0.1) is 23.1 Å². The molecular weight excluding hydrogens is 378 g/mol. The lowest BCUT2D eigenvalue weighted by molar-refractivity contribution is -0.126. The molecule has 152 valence electrons. The monoisotopic (exact) mass is 401 g/mol. The summed E-state index contributed by atoms with van der Waals surface area (Å²) in [6.07, 6.45) is 6.23. The van der Waals surface area contributed by atoms with Crippen molar-refractivity contribution in [2.75, 3.05) is 0 Å². The Hall–Kier alpha value is -3.48. The summed E-state index contributed by atoms with van der Waals surface area (Å²) < 4.78 is 1.61. The average Bonchev–Trinajstić information content (AvgIpc) is 3.14. The number of para-hydroxylation sites is 1. The summed E-state index contributed by atoms with van der Waals surface area (Å²) in [6, 6.07) is 8.69. The van der Waals surface area contributed by atoms with Crippen LogP contribution in [0.2, 0.25) is 0 Å². The second-order valence-corrected chi connectivity index (χ2v) is 8.31. The molecule has 0 spiro atoms. The van der Waals surface area contributed by atoms with Crippen LogP contribution in [0.3, 0.4) is 0 Å². The minimum Gasteiger partial charge on any atom is -0.361 e. The first kappa shape index (κ1) is 18.5. The molecule has 0 bridgehead atoms. The van der Waals surface area contributed by atoms with Crippen molar-refractivity contribution in [3.63, 3.8) is 0 Å². The van der Waals surface area contributed by atoms with Gasteiger partial charge in [-0.1, -0.05) is 32.0 Å². The number of fused-ring (bicyclic) bond motifs is 3. The van der Waals surface area contributed by atoms with Crippen LogP contribution in [0, 0.1) is 5.92 Å². The van der Waals surface area contributed by atoms with E-state index in [0.717, 1.165) is 16.5 Å². The Morgan fingerprint density at radius 3 is 2.80 bits per heavy atom. The lowest BCUT2D eigenvalue weighted by atomic mass is 9.96. The van der Waals surface area contributed by atoms with Crippen LogP contribution in [0.15, 0.2) is 53.7 Å². The second kappa shape index (κ2) is 7.09. The predicted molar refractivity (Wildman–Crippen MR) is 115 cm³/mol. The highest BCUT2D eigenvalue weighted by molar-refractivity contribution is 5.87. The highest BCUT2D eigenvalue weighted by Gasteiger charge is 2.36. The van der Waals surface area contributed by atoms with E-state index in [4.69, 9.17) is 4.98 Å². The molecule has 0 saturated heterocycles. The van der Waals surface area contributed by atoms with Crippen LogP contribution in [-0.2, 0) is 11.2 Å². The van der Waals surface area contributed by atoms with Gasteiger partial charge in [0.1, 0.15) is 11.9 Å².